The summed E-state index contributed by atoms with van der Waals surface area (Å²) in [7, 11) is 1.58. The first-order valence-corrected chi connectivity index (χ1v) is 8.29. The van der Waals surface area contributed by atoms with Gasteiger partial charge in [-0.2, -0.15) is 0 Å². The molecule has 5 nitrogen and oxygen atoms in total. The predicted octanol–water partition coefficient (Wildman–Crippen LogP) is 2.90. The van der Waals surface area contributed by atoms with Crippen molar-refractivity contribution in [1.82, 2.24) is 5.32 Å². The summed E-state index contributed by atoms with van der Waals surface area (Å²) in [6.45, 7) is 1.72. The number of methoxy groups -OCH3 is 1. The summed E-state index contributed by atoms with van der Waals surface area (Å²) < 4.78 is 5.99. The standard InChI is InChI=1S/C18H21BrN2O3.ClH/c1-18(20,13-5-7-14(19)8-6-13)17(23)21-11-16(22)12-3-9-15(24-2)10-4-12;/h3-10,16,22H,11,20H2,1-2H3,(H,21,23);1H. The van der Waals surface area contributed by atoms with E-state index in [0.29, 0.717) is 16.9 Å². The second kappa shape index (κ2) is 9.20. The lowest BCUT2D eigenvalue weighted by Gasteiger charge is -2.25. The Balaban J connectivity index is 0.00000312. The molecule has 25 heavy (non-hydrogen) atoms. The zero-order valence-electron chi connectivity index (χ0n) is 14.0. The Bertz CT molecular complexity index is 690. The van der Waals surface area contributed by atoms with E-state index in [9.17, 15) is 9.90 Å². The third-order valence-corrected chi connectivity index (χ3v) is 4.40. The Morgan fingerprint density at radius 3 is 2.32 bits per heavy atom. The molecule has 2 rings (SSSR count). The summed E-state index contributed by atoms with van der Waals surface area (Å²) in [5, 5.41) is 12.9. The summed E-state index contributed by atoms with van der Waals surface area (Å²) in [5.74, 6) is 0.358. The average molecular weight is 430 g/mol. The van der Waals surface area contributed by atoms with Crippen LogP contribution in [0, 0.1) is 0 Å². The normalized spacial score (nSPS) is 14.0. The molecule has 1 amide bonds. The van der Waals surface area contributed by atoms with Crippen molar-refractivity contribution < 1.29 is 14.6 Å². The minimum Gasteiger partial charge on any atom is -0.497 e. The molecule has 2 aromatic rings. The third kappa shape index (κ3) is 5.44. The molecule has 2 aromatic carbocycles. The lowest BCUT2D eigenvalue weighted by molar-refractivity contribution is -0.126. The SMILES string of the molecule is COc1ccc(C(O)CNC(=O)C(C)(N)c2ccc(Br)cc2)cc1.Cl. The van der Waals surface area contributed by atoms with Crippen LogP contribution in [0.15, 0.2) is 53.0 Å². The molecule has 4 N–H and O–H groups in total. The molecule has 0 aromatic heterocycles. The van der Waals surface area contributed by atoms with E-state index in [1.54, 1.807) is 50.4 Å². The third-order valence-electron chi connectivity index (χ3n) is 3.87. The number of aliphatic hydroxyl groups is 1. The number of benzene rings is 2. The molecule has 0 saturated carbocycles. The number of aliphatic hydroxyl groups excluding tert-OH is 1. The largest absolute Gasteiger partial charge is 0.497 e. The fourth-order valence-corrected chi connectivity index (χ4v) is 2.51. The Morgan fingerprint density at radius 1 is 1.24 bits per heavy atom. The predicted molar refractivity (Wildman–Crippen MR) is 104 cm³/mol. The molecule has 0 aliphatic rings. The van der Waals surface area contributed by atoms with E-state index >= 15 is 0 Å². The van der Waals surface area contributed by atoms with Crippen LogP contribution in [-0.4, -0.2) is 24.7 Å². The van der Waals surface area contributed by atoms with Gasteiger partial charge in [0.2, 0.25) is 5.91 Å². The molecule has 0 bridgehead atoms. The highest BCUT2D eigenvalue weighted by Gasteiger charge is 2.30. The summed E-state index contributed by atoms with van der Waals surface area (Å²) in [6, 6.07) is 14.3. The molecule has 0 aliphatic heterocycles. The number of nitrogens with one attached hydrogen (secondary N) is 1. The Labute approximate surface area is 162 Å². The number of hydrogen-bond donors (Lipinski definition) is 3. The Morgan fingerprint density at radius 2 is 1.80 bits per heavy atom. The van der Waals surface area contributed by atoms with E-state index in [1.165, 1.54) is 0 Å². The van der Waals surface area contributed by atoms with Gasteiger partial charge in [-0.25, -0.2) is 0 Å². The van der Waals surface area contributed by atoms with E-state index in [2.05, 4.69) is 21.2 Å². The highest BCUT2D eigenvalue weighted by atomic mass is 79.9. The molecule has 0 spiro atoms. The van der Waals surface area contributed by atoms with E-state index in [4.69, 9.17) is 10.5 Å². The number of amides is 1. The monoisotopic (exact) mass is 428 g/mol. The summed E-state index contributed by atoms with van der Waals surface area (Å²) in [5.41, 5.74) is 6.38. The lowest BCUT2D eigenvalue weighted by Crippen LogP contribution is -2.49. The minimum absolute atomic E-state index is 0. The molecule has 136 valence electrons. The van der Waals surface area contributed by atoms with Gasteiger partial charge in [-0.1, -0.05) is 40.2 Å². The van der Waals surface area contributed by atoms with Crippen molar-refractivity contribution in [3.05, 3.63) is 64.1 Å². The molecule has 2 unspecified atom stereocenters. The molecular formula is C18H22BrClN2O3. The van der Waals surface area contributed by atoms with Crippen LogP contribution in [0.25, 0.3) is 0 Å². The van der Waals surface area contributed by atoms with Gasteiger partial charge in [-0.15, -0.1) is 12.4 Å². The van der Waals surface area contributed by atoms with Crippen LogP contribution in [0.4, 0.5) is 0 Å². The van der Waals surface area contributed by atoms with Crippen molar-refractivity contribution in [1.29, 1.82) is 0 Å². The molecule has 7 heteroatoms. The fraction of sp³-hybridized carbons (Fsp3) is 0.278. The quantitative estimate of drug-likeness (QED) is 0.659. The van der Waals surface area contributed by atoms with Gasteiger partial charge in [0.05, 0.1) is 13.2 Å². The zero-order valence-corrected chi connectivity index (χ0v) is 16.4. The topological polar surface area (TPSA) is 84.6 Å². The number of nitrogens with two attached hydrogens (primary N) is 1. The first-order valence-electron chi connectivity index (χ1n) is 7.50. The van der Waals surface area contributed by atoms with E-state index in [0.717, 1.165) is 4.47 Å². The van der Waals surface area contributed by atoms with Crippen LogP contribution < -0.4 is 15.8 Å². The average Bonchev–Trinajstić information content (AvgIpc) is 2.59. The smallest absolute Gasteiger partial charge is 0.244 e. The van der Waals surface area contributed by atoms with Gasteiger partial charge in [0.15, 0.2) is 0 Å². The van der Waals surface area contributed by atoms with Gasteiger partial charge in [-0.3, -0.25) is 4.79 Å². The first-order chi connectivity index (χ1) is 11.3. The van der Waals surface area contributed by atoms with Crippen molar-refractivity contribution in [3.63, 3.8) is 0 Å². The molecule has 0 heterocycles. The second-order valence-corrected chi connectivity index (χ2v) is 6.62. The van der Waals surface area contributed by atoms with E-state index < -0.39 is 11.6 Å². The number of ether oxygens (including phenoxy) is 1. The van der Waals surface area contributed by atoms with Crippen molar-refractivity contribution in [3.8, 4) is 5.75 Å². The first kappa shape index (κ1) is 21.4. The number of carbonyl (C=O) groups is 1. The van der Waals surface area contributed by atoms with Gasteiger partial charge in [0.1, 0.15) is 11.3 Å². The highest BCUT2D eigenvalue weighted by Crippen LogP contribution is 2.21. The molecule has 0 aliphatic carbocycles. The van der Waals surface area contributed by atoms with Crippen LogP contribution in [-0.2, 0) is 10.3 Å². The van der Waals surface area contributed by atoms with Crippen molar-refractivity contribution in [2.45, 2.75) is 18.6 Å². The van der Waals surface area contributed by atoms with Crippen LogP contribution in [0.3, 0.4) is 0 Å². The second-order valence-electron chi connectivity index (χ2n) is 5.71. The molecule has 0 fully saturated rings. The number of rotatable bonds is 6. The van der Waals surface area contributed by atoms with Crippen molar-refractivity contribution >= 4 is 34.2 Å². The van der Waals surface area contributed by atoms with Crippen LogP contribution in [0.1, 0.15) is 24.2 Å². The maximum absolute atomic E-state index is 12.4. The van der Waals surface area contributed by atoms with E-state index in [-0.39, 0.29) is 24.9 Å². The highest BCUT2D eigenvalue weighted by molar-refractivity contribution is 9.10. The van der Waals surface area contributed by atoms with Crippen molar-refractivity contribution in [2.75, 3.05) is 13.7 Å². The van der Waals surface area contributed by atoms with Gasteiger partial charge in [0.25, 0.3) is 0 Å². The summed E-state index contributed by atoms with van der Waals surface area (Å²) >= 11 is 3.35. The molecule has 0 saturated heterocycles. The molecule has 2 atom stereocenters. The number of hydrogen-bond acceptors (Lipinski definition) is 4. The van der Waals surface area contributed by atoms with Gasteiger partial charge >= 0.3 is 0 Å². The minimum atomic E-state index is -1.18. The summed E-state index contributed by atoms with van der Waals surface area (Å²) in [6.07, 6.45) is -0.819. The van der Waals surface area contributed by atoms with Gasteiger partial charge in [-0.05, 0) is 42.3 Å². The molecule has 0 radical (unpaired) electrons. The van der Waals surface area contributed by atoms with Crippen LogP contribution in [0.5, 0.6) is 5.75 Å². The Kier molecular flexibility index (Phi) is 7.89. The Hall–Kier alpha value is -1.60. The zero-order chi connectivity index (χ0) is 17.7. The van der Waals surface area contributed by atoms with Crippen molar-refractivity contribution in [2.24, 2.45) is 5.73 Å². The maximum Gasteiger partial charge on any atom is 0.244 e. The fourth-order valence-electron chi connectivity index (χ4n) is 2.24. The lowest BCUT2D eigenvalue weighted by atomic mass is 9.92. The van der Waals surface area contributed by atoms with Gasteiger partial charge < -0.3 is 20.9 Å². The van der Waals surface area contributed by atoms with E-state index in [1.807, 2.05) is 12.1 Å². The van der Waals surface area contributed by atoms with Gasteiger partial charge in [0, 0.05) is 11.0 Å². The number of carbonyl (C=O) groups excluding carboxylic acids is 1. The van der Waals surface area contributed by atoms with Crippen LogP contribution >= 0.6 is 28.3 Å². The maximum atomic E-state index is 12.4. The molecular weight excluding hydrogens is 408 g/mol. The number of halogens is 2. The van der Waals surface area contributed by atoms with Crippen LogP contribution in [0.2, 0.25) is 0 Å². The summed E-state index contributed by atoms with van der Waals surface area (Å²) in [4.78, 5) is 12.4.